The van der Waals surface area contributed by atoms with Crippen molar-refractivity contribution < 1.29 is 0 Å². The van der Waals surface area contributed by atoms with Gasteiger partial charge in [-0.3, -0.25) is 0 Å². The summed E-state index contributed by atoms with van der Waals surface area (Å²) < 4.78 is 0. The molecule has 0 amide bonds. The van der Waals surface area contributed by atoms with Crippen LogP contribution in [0.1, 0.15) is 5.56 Å². The van der Waals surface area contributed by atoms with Gasteiger partial charge in [0.1, 0.15) is 0 Å². The molecular weight excluding hydrogens is 246 g/mol. The van der Waals surface area contributed by atoms with Crippen molar-refractivity contribution in [2.75, 3.05) is 11.2 Å². The van der Waals surface area contributed by atoms with E-state index in [0.717, 1.165) is 11.3 Å². The fourth-order valence-corrected chi connectivity index (χ4v) is 1.73. The molecule has 0 radical (unpaired) electrons. The third-order valence-electron chi connectivity index (χ3n) is 1.98. The van der Waals surface area contributed by atoms with Crippen LogP contribution in [0.25, 0.3) is 0 Å². The first-order valence-electron chi connectivity index (χ1n) is 5.38. The van der Waals surface area contributed by atoms with Gasteiger partial charge in [0, 0.05) is 5.75 Å². The number of nitrogens with zero attached hydrogens (tertiary/aromatic N) is 3. The van der Waals surface area contributed by atoms with Crippen molar-refractivity contribution in [2.24, 2.45) is 5.10 Å². The van der Waals surface area contributed by atoms with E-state index in [-0.39, 0.29) is 0 Å². The summed E-state index contributed by atoms with van der Waals surface area (Å²) in [4.78, 5) is 4.20. The second-order valence-corrected chi connectivity index (χ2v) is 4.33. The summed E-state index contributed by atoms with van der Waals surface area (Å²) in [6, 6.07) is 9.82. The van der Waals surface area contributed by atoms with Crippen LogP contribution in [0.3, 0.4) is 0 Å². The molecule has 5 nitrogen and oxygen atoms in total. The third kappa shape index (κ3) is 3.74. The molecule has 6 heteroatoms. The largest absolute Gasteiger partial charge is 0.246 e. The molecule has 2 rings (SSSR count). The van der Waals surface area contributed by atoms with Gasteiger partial charge in [0.2, 0.25) is 11.1 Å². The number of benzene rings is 1. The Morgan fingerprint density at radius 2 is 2.22 bits per heavy atom. The molecule has 0 unspecified atom stereocenters. The first-order valence-corrected chi connectivity index (χ1v) is 6.37. The molecule has 0 spiro atoms. The van der Waals surface area contributed by atoms with E-state index in [1.54, 1.807) is 6.21 Å². The highest BCUT2D eigenvalue weighted by Gasteiger charge is 2.00. The van der Waals surface area contributed by atoms with Gasteiger partial charge in [-0.15, -0.1) is 11.7 Å². The molecule has 92 valence electrons. The van der Waals surface area contributed by atoms with Crippen molar-refractivity contribution in [3.05, 3.63) is 48.6 Å². The minimum absolute atomic E-state index is 0.522. The average molecular weight is 259 g/mol. The molecular formula is C12H13N5S. The molecule has 2 N–H and O–H groups in total. The van der Waals surface area contributed by atoms with Gasteiger partial charge in [0.25, 0.3) is 0 Å². The Morgan fingerprint density at radius 1 is 1.39 bits per heavy atom. The standard InChI is InChI=1S/C12H13N5S/c1-2-8-18-12-14-11(16-17-12)15-13-9-10-6-4-3-5-7-10/h2-7,9H,1,8H2,(H2,14,15,16,17)/b13-9-. The first kappa shape index (κ1) is 12.4. The van der Waals surface area contributed by atoms with Gasteiger partial charge in [-0.25, -0.2) is 10.5 Å². The zero-order valence-electron chi connectivity index (χ0n) is 9.71. The van der Waals surface area contributed by atoms with Crippen molar-refractivity contribution in [1.29, 1.82) is 0 Å². The van der Waals surface area contributed by atoms with E-state index in [0.29, 0.717) is 11.1 Å². The fourth-order valence-electron chi connectivity index (χ4n) is 1.20. The summed E-state index contributed by atoms with van der Waals surface area (Å²) >= 11 is 1.51. The minimum atomic E-state index is 0.522. The molecule has 0 atom stereocenters. The van der Waals surface area contributed by atoms with E-state index in [1.165, 1.54) is 11.8 Å². The Balaban J connectivity index is 1.88. The average Bonchev–Trinajstić information content (AvgIpc) is 2.85. The maximum atomic E-state index is 4.20. The van der Waals surface area contributed by atoms with E-state index >= 15 is 0 Å². The molecule has 0 fully saturated rings. The van der Waals surface area contributed by atoms with Crippen molar-refractivity contribution in [3.63, 3.8) is 0 Å². The fraction of sp³-hybridized carbons (Fsp3) is 0.0833. The number of aromatic amines is 1. The van der Waals surface area contributed by atoms with Crippen molar-refractivity contribution >= 4 is 23.9 Å². The SMILES string of the molecule is C=CCSc1n[nH]c(N/N=C\c2ccccc2)n1. The van der Waals surface area contributed by atoms with Crippen molar-refractivity contribution in [2.45, 2.75) is 5.16 Å². The zero-order valence-corrected chi connectivity index (χ0v) is 10.5. The van der Waals surface area contributed by atoms with E-state index in [2.05, 4.69) is 32.3 Å². The van der Waals surface area contributed by atoms with Crippen LogP contribution in [0, 0.1) is 0 Å². The van der Waals surface area contributed by atoms with Gasteiger partial charge in [-0.1, -0.05) is 48.2 Å². The van der Waals surface area contributed by atoms with Crippen molar-refractivity contribution in [1.82, 2.24) is 15.2 Å². The number of thioether (sulfide) groups is 1. The Labute approximate surface area is 109 Å². The molecule has 1 heterocycles. The number of aromatic nitrogens is 3. The van der Waals surface area contributed by atoms with Crippen LogP contribution in [-0.2, 0) is 0 Å². The van der Waals surface area contributed by atoms with Crippen LogP contribution in [-0.4, -0.2) is 27.1 Å². The number of hydrogen-bond donors (Lipinski definition) is 2. The Bertz CT molecular complexity index is 520. The molecule has 0 saturated heterocycles. The monoisotopic (exact) mass is 259 g/mol. The lowest BCUT2D eigenvalue weighted by molar-refractivity contribution is 0.974. The smallest absolute Gasteiger partial charge is 0.240 e. The minimum Gasteiger partial charge on any atom is -0.246 e. The van der Waals surface area contributed by atoms with Gasteiger partial charge in [-0.2, -0.15) is 10.1 Å². The normalized spacial score (nSPS) is 10.7. The molecule has 1 aromatic heterocycles. The molecule has 0 bridgehead atoms. The van der Waals surface area contributed by atoms with Crippen LogP contribution < -0.4 is 5.43 Å². The number of hydrazone groups is 1. The topological polar surface area (TPSA) is 66.0 Å². The predicted molar refractivity (Wildman–Crippen MR) is 75.0 cm³/mol. The van der Waals surface area contributed by atoms with Gasteiger partial charge in [-0.05, 0) is 5.56 Å². The number of nitrogens with one attached hydrogen (secondary N) is 2. The maximum Gasteiger partial charge on any atom is 0.240 e. The molecule has 0 aliphatic heterocycles. The first-order chi connectivity index (χ1) is 8.88. The predicted octanol–water partition coefficient (Wildman–Crippen LogP) is 2.53. The lowest BCUT2D eigenvalue weighted by Gasteiger charge is -1.93. The summed E-state index contributed by atoms with van der Waals surface area (Å²) in [6.07, 6.45) is 3.53. The lowest BCUT2D eigenvalue weighted by Crippen LogP contribution is -1.92. The number of rotatable bonds is 6. The maximum absolute atomic E-state index is 4.20. The quantitative estimate of drug-likeness (QED) is 0.362. The van der Waals surface area contributed by atoms with Crippen LogP contribution in [0.2, 0.25) is 0 Å². The number of hydrogen-bond acceptors (Lipinski definition) is 5. The summed E-state index contributed by atoms with van der Waals surface area (Å²) in [5.74, 6) is 1.30. The van der Waals surface area contributed by atoms with Gasteiger partial charge >= 0.3 is 0 Å². The number of anilines is 1. The van der Waals surface area contributed by atoms with E-state index < -0.39 is 0 Å². The van der Waals surface area contributed by atoms with E-state index in [1.807, 2.05) is 36.4 Å². The highest BCUT2D eigenvalue weighted by molar-refractivity contribution is 7.99. The Morgan fingerprint density at radius 3 is 3.00 bits per heavy atom. The van der Waals surface area contributed by atoms with Crippen LogP contribution in [0.5, 0.6) is 0 Å². The van der Waals surface area contributed by atoms with Gasteiger partial charge < -0.3 is 0 Å². The van der Waals surface area contributed by atoms with Gasteiger partial charge in [0.15, 0.2) is 0 Å². The van der Waals surface area contributed by atoms with Crippen LogP contribution >= 0.6 is 11.8 Å². The summed E-state index contributed by atoms with van der Waals surface area (Å²) in [7, 11) is 0. The molecule has 0 saturated carbocycles. The molecule has 0 aliphatic carbocycles. The Kier molecular flexibility index (Phi) is 4.54. The second kappa shape index (κ2) is 6.61. The summed E-state index contributed by atoms with van der Waals surface area (Å²) in [6.45, 7) is 3.64. The molecule has 18 heavy (non-hydrogen) atoms. The highest BCUT2D eigenvalue weighted by Crippen LogP contribution is 2.13. The summed E-state index contributed by atoms with van der Waals surface area (Å²) in [5.41, 5.74) is 3.81. The zero-order chi connectivity index (χ0) is 12.6. The van der Waals surface area contributed by atoms with Crippen molar-refractivity contribution in [3.8, 4) is 0 Å². The van der Waals surface area contributed by atoms with E-state index in [9.17, 15) is 0 Å². The third-order valence-corrected chi connectivity index (χ3v) is 2.82. The molecule has 2 aromatic rings. The number of H-pyrrole nitrogens is 1. The van der Waals surface area contributed by atoms with Crippen LogP contribution in [0.4, 0.5) is 5.95 Å². The molecule has 1 aromatic carbocycles. The lowest BCUT2D eigenvalue weighted by atomic mass is 10.2. The molecule has 0 aliphatic rings. The van der Waals surface area contributed by atoms with Crippen LogP contribution in [0.15, 0.2) is 53.2 Å². The highest BCUT2D eigenvalue weighted by atomic mass is 32.2. The summed E-state index contributed by atoms with van der Waals surface area (Å²) in [5, 5.41) is 11.5. The van der Waals surface area contributed by atoms with E-state index in [4.69, 9.17) is 0 Å². The second-order valence-electron chi connectivity index (χ2n) is 3.35. The Hall–Kier alpha value is -2.08. The van der Waals surface area contributed by atoms with Gasteiger partial charge in [0.05, 0.1) is 6.21 Å².